The van der Waals surface area contributed by atoms with Gasteiger partial charge in [-0.2, -0.15) is 9.36 Å². The van der Waals surface area contributed by atoms with E-state index in [0.717, 1.165) is 11.5 Å². The van der Waals surface area contributed by atoms with Crippen molar-refractivity contribution in [2.45, 2.75) is 18.3 Å². The highest BCUT2D eigenvalue weighted by atomic mass is 32.2. The van der Waals surface area contributed by atoms with Gasteiger partial charge in [0.1, 0.15) is 23.7 Å². The molecule has 2 atom stereocenters. The molecule has 2 aromatic heterocycles. The number of rotatable bonds is 8. The van der Waals surface area contributed by atoms with Gasteiger partial charge in [0.2, 0.25) is 11.5 Å². The number of amides is 2. The van der Waals surface area contributed by atoms with E-state index >= 15 is 0 Å². The van der Waals surface area contributed by atoms with Crippen molar-refractivity contribution in [2.75, 3.05) is 18.1 Å². The SMILES string of the molecule is CCON=C(C(=O)NC1C(=O)N2C(C(=O)O)=C(C=Cc3ccccn3)CS[C@@H]12)c1nsc(N)n1. The Kier molecular flexibility index (Phi) is 6.88. The molecule has 2 aliphatic heterocycles. The Morgan fingerprint density at radius 3 is 2.88 bits per heavy atom. The van der Waals surface area contributed by atoms with Crippen LogP contribution < -0.4 is 11.1 Å². The van der Waals surface area contributed by atoms with E-state index in [-0.39, 0.29) is 29.0 Å². The lowest BCUT2D eigenvalue weighted by atomic mass is 10.0. The molecule has 0 aromatic carbocycles. The van der Waals surface area contributed by atoms with E-state index in [2.05, 4.69) is 24.8 Å². The van der Waals surface area contributed by atoms with Crippen LogP contribution in [-0.4, -0.2) is 71.6 Å². The first-order valence-electron chi connectivity index (χ1n) is 10.0. The van der Waals surface area contributed by atoms with Crippen LogP contribution in [0.4, 0.5) is 5.13 Å². The van der Waals surface area contributed by atoms with Gasteiger partial charge in [-0.15, -0.1) is 11.8 Å². The number of nitrogen functional groups attached to an aromatic ring is 1. The number of aliphatic carboxylic acids is 1. The number of allylic oxidation sites excluding steroid dienone is 1. The van der Waals surface area contributed by atoms with E-state index in [9.17, 15) is 19.5 Å². The van der Waals surface area contributed by atoms with Gasteiger partial charge in [-0.25, -0.2) is 4.79 Å². The monoisotopic (exact) mass is 501 g/mol. The molecule has 2 aromatic rings. The fourth-order valence-electron chi connectivity index (χ4n) is 3.29. The normalized spacial score (nSPS) is 20.2. The van der Waals surface area contributed by atoms with E-state index in [4.69, 9.17) is 10.6 Å². The molecule has 0 saturated carbocycles. The summed E-state index contributed by atoms with van der Waals surface area (Å²) in [5.74, 6) is -2.21. The minimum atomic E-state index is -1.23. The molecular weight excluding hydrogens is 482 g/mol. The van der Waals surface area contributed by atoms with E-state index in [1.165, 1.54) is 16.7 Å². The second-order valence-electron chi connectivity index (χ2n) is 6.94. The summed E-state index contributed by atoms with van der Waals surface area (Å²) in [4.78, 5) is 52.0. The number of carboxylic acids is 1. The molecule has 176 valence electrons. The van der Waals surface area contributed by atoms with Gasteiger partial charge in [-0.05, 0) is 30.7 Å². The molecule has 1 unspecified atom stereocenters. The lowest BCUT2D eigenvalue weighted by Crippen LogP contribution is -2.71. The summed E-state index contributed by atoms with van der Waals surface area (Å²) >= 11 is 2.22. The van der Waals surface area contributed by atoms with Gasteiger partial charge in [0.15, 0.2) is 5.13 Å². The summed E-state index contributed by atoms with van der Waals surface area (Å²) in [6, 6.07) is 4.42. The van der Waals surface area contributed by atoms with Gasteiger partial charge < -0.3 is 21.0 Å². The maximum Gasteiger partial charge on any atom is 0.352 e. The molecule has 2 aliphatic rings. The zero-order chi connectivity index (χ0) is 24.2. The Morgan fingerprint density at radius 1 is 1.41 bits per heavy atom. The fraction of sp³-hybridized carbons (Fsp3) is 0.250. The predicted molar refractivity (Wildman–Crippen MR) is 125 cm³/mol. The minimum absolute atomic E-state index is 0.0264. The average Bonchev–Trinajstić information content (AvgIpc) is 3.27. The minimum Gasteiger partial charge on any atom is -0.477 e. The molecule has 4 rings (SSSR count). The number of hydrogen-bond acceptors (Lipinski definition) is 11. The standard InChI is InChI=1S/C20H19N7O5S2/c1-2-32-25-12(15-24-20(21)34-26-15)16(28)23-13-17(29)27-14(19(30)31)10(9-33-18(13)27)6-7-11-5-3-4-8-22-11/h3-8,13,18H,2,9H2,1H3,(H,23,28)(H,30,31)(H2,21,24,26)/t13?,18-/m0/s1. The van der Waals surface area contributed by atoms with Crippen LogP contribution in [0.2, 0.25) is 0 Å². The van der Waals surface area contributed by atoms with Crippen LogP contribution >= 0.6 is 23.3 Å². The number of thioether (sulfide) groups is 1. The van der Waals surface area contributed by atoms with Crippen LogP contribution in [0.5, 0.6) is 0 Å². The molecule has 1 saturated heterocycles. The number of hydrogen-bond donors (Lipinski definition) is 3. The van der Waals surface area contributed by atoms with Crippen LogP contribution in [0.15, 0.2) is 46.9 Å². The molecule has 0 bridgehead atoms. The van der Waals surface area contributed by atoms with Crippen LogP contribution in [0.1, 0.15) is 18.4 Å². The average molecular weight is 502 g/mol. The molecule has 1 fully saturated rings. The number of fused-ring (bicyclic) bond motifs is 1. The number of nitrogens with one attached hydrogen (secondary N) is 1. The summed E-state index contributed by atoms with van der Waals surface area (Å²) in [5.41, 5.74) is 6.37. The second-order valence-corrected chi connectivity index (χ2v) is 8.83. The van der Waals surface area contributed by atoms with E-state index < -0.39 is 29.2 Å². The molecule has 4 N–H and O–H groups in total. The Labute approximate surface area is 201 Å². The first-order valence-corrected chi connectivity index (χ1v) is 11.8. The van der Waals surface area contributed by atoms with Gasteiger partial charge >= 0.3 is 5.97 Å². The highest BCUT2D eigenvalue weighted by Gasteiger charge is 2.54. The number of nitrogens with two attached hydrogens (primary N) is 1. The molecule has 2 amide bonds. The van der Waals surface area contributed by atoms with Gasteiger partial charge in [-0.1, -0.05) is 17.3 Å². The van der Waals surface area contributed by atoms with Gasteiger partial charge in [0.25, 0.3) is 11.8 Å². The van der Waals surface area contributed by atoms with Crippen molar-refractivity contribution >= 4 is 58.0 Å². The van der Waals surface area contributed by atoms with Crippen molar-refractivity contribution in [3.63, 3.8) is 0 Å². The van der Waals surface area contributed by atoms with Crippen LogP contribution in [0.3, 0.4) is 0 Å². The zero-order valence-electron chi connectivity index (χ0n) is 17.7. The molecule has 4 heterocycles. The van der Waals surface area contributed by atoms with E-state index in [0.29, 0.717) is 17.0 Å². The number of carbonyl (C=O) groups is 3. The smallest absolute Gasteiger partial charge is 0.352 e. The molecule has 0 radical (unpaired) electrons. The summed E-state index contributed by atoms with van der Waals surface area (Å²) in [6.45, 7) is 1.89. The van der Waals surface area contributed by atoms with E-state index in [1.807, 2.05) is 6.07 Å². The Morgan fingerprint density at radius 2 is 2.24 bits per heavy atom. The number of carbonyl (C=O) groups excluding carboxylic acids is 2. The summed E-state index contributed by atoms with van der Waals surface area (Å²) in [6.07, 6.45) is 4.95. The number of pyridine rings is 1. The zero-order valence-corrected chi connectivity index (χ0v) is 19.4. The number of aromatic nitrogens is 3. The third-order valence-corrected chi connectivity index (χ3v) is 6.63. The molecular formula is C20H19N7O5S2. The quantitative estimate of drug-likeness (QED) is 0.265. The van der Waals surface area contributed by atoms with Gasteiger partial charge in [0, 0.05) is 23.5 Å². The van der Waals surface area contributed by atoms with Crippen molar-refractivity contribution in [1.82, 2.24) is 24.6 Å². The Balaban J connectivity index is 1.53. The molecule has 0 aliphatic carbocycles. The first kappa shape index (κ1) is 23.4. The van der Waals surface area contributed by atoms with Crippen LogP contribution in [0.25, 0.3) is 6.08 Å². The summed E-state index contributed by atoms with van der Waals surface area (Å²) < 4.78 is 3.97. The third-order valence-electron chi connectivity index (χ3n) is 4.78. The van der Waals surface area contributed by atoms with Crippen molar-refractivity contribution in [3.8, 4) is 0 Å². The molecule has 0 spiro atoms. The van der Waals surface area contributed by atoms with E-state index in [1.54, 1.807) is 37.4 Å². The van der Waals surface area contributed by atoms with Crippen LogP contribution in [0, 0.1) is 0 Å². The number of β-lactam (4-membered cyclic amide) rings is 1. The van der Waals surface area contributed by atoms with Crippen molar-refractivity contribution in [2.24, 2.45) is 5.16 Å². The first-order chi connectivity index (χ1) is 16.4. The van der Waals surface area contributed by atoms with Gasteiger partial charge in [0.05, 0.1) is 5.69 Å². The molecule has 12 nitrogen and oxygen atoms in total. The van der Waals surface area contributed by atoms with Crippen molar-refractivity contribution < 1.29 is 24.3 Å². The maximum absolute atomic E-state index is 12.9. The second kappa shape index (κ2) is 10.0. The lowest BCUT2D eigenvalue weighted by Gasteiger charge is -2.49. The summed E-state index contributed by atoms with van der Waals surface area (Å²) in [7, 11) is 0. The number of nitrogens with zero attached hydrogens (tertiary/aromatic N) is 5. The highest BCUT2D eigenvalue weighted by Crippen LogP contribution is 2.40. The Bertz CT molecular complexity index is 1210. The van der Waals surface area contributed by atoms with Gasteiger partial charge in [-0.3, -0.25) is 19.5 Å². The molecule has 34 heavy (non-hydrogen) atoms. The number of anilines is 1. The maximum atomic E-state index is 12.9. The lowest BCUT2D eigenvalue weighted by molar-refractivity contribution is -0.150. The topological polar surface area (TPSA) is 173 Å². The largest absolute Gasteiger partial charge is 0.477 e. The highest BCUT2D eigenvalue weighted by molar-refractivity contribution is 8.00. The number of oxime groups is 1. The van der Waals surface area contributed by atoms with Crippen LogP contribution in [-0.2, 0) is 19.2 Å². The third kappa shape index (κ3) is 4.63. The Hall–Kier alpha value is -3.78. The fourth-order valence-corrected chi connectivity index (χ4v) is 5.04. The number of carboxylic acid groups (broad SMARTS) is 1. The van der Waals surface area contributed by atoms with Crippen molar-refractivity contribution in [3.05, 3.63) is 53.3 Å². The van der Waals surface area contributed by atoms with Crippen molar-refractivity contribution in [1.29, 1.82) is 0 Å². The molecule has 14 heteroatoms. The summed E-state index contributed by atoms with van der Waals surface area (Å²) in [5, 5.41) is 15.7. The predicted octanol–water partition coefficient (Wildman–Crippen LogP) is 0.708.